The van der Waals surface area contributed by atoms with E-state index in [0.29, 0.717) is 0 Å². The van der Waals surface area contributed by atoms with Gasteiger partial charge in [-0.1, -0.05) is 53.2 Å². The zero-order chi connectivity index (χ0) is 15.2. The number of rotatable bonds is 6. The van der Waals surface area contributed by atoms with Crippen molar-refractivity contribution in [2.45, 2.75) is 13.0 Å². The van der Waals surface area contributed by atoms with Crippen molar-refractivity contribution in [3.8, 4) is 11.5 Å². The van der Waals surface area contributed by atoms with Crippen LogP contribution in [0.5, 0.6) is 11.5 Å². The van der Waals surface area contributed by atoms with Crippen LogP contribution in [0.2, 0.25) is 0 Å². The highest BCUT2D eigenvalue weighted by atomic mass is 79.9. The molecule has 1 atom stereocenters. The van der Waals surface area contributed by atoms with Gasteiger partial charge in [-0.3, -0.25) is 0 Å². The van der Waals surface area contributed by atoms with E-state index in [-0.39, 0.29) is 6.04 Å². The summed E-state index contributed by atoms with van der Waals surface area (Å²) in [5.74, 6) is 1.45. The summed E-state index contributed by atoms with van der Waals surface area (Å²) in [6, 6.07) is 14.4. The third-order valence-corrected chi connectivity index (χ3v) is 4.04. The SMILES string of the molecule is CCNC(c1ccccc1)c1cc(OC)c(OC)cc1Br. The number of hydrogen-bond acceptors (Lipinski definition) is 3. The highest BCUT2D eigenvalue weighted by Crippen LogP contribution is 2.37. The number of hydrogen-bond donors (Lipinski definition) is 1. The number of ether oxygens (including phenoxy) is 2. The van der Waals surface area contributed by atoms with E-state index in [1.165, 1.54) is 5.56 Å². The number of halogens is 1. The van der Waals surface area contributed by atoms with Crippen LogP contribution in [0.25, 0.3) is 0 Å². The van der Waals surface area contributed by atoms with E-state index in [2.05, 4.69) is 40.3 Å². The lowest BCUT2D eigenvalue weighted by molar-refractivity contribution is 0.354. The Morgan fingerprint density at radius 3 is 2.24 bits per heavy atom. The van der Waals surface area contributed by atoms with Crippen LogP contribution in [-0.4, -0.2) is 20.8 Å². The fraction of sp³-hybridized carbons (Fsp3) is 0.294. The summed E-state index contributed by atoms with van der Waals surface area (Å²) in [6.45, 7) is 2.98. The van der Waals surface area contributed by atoms with Gasteiger partial charge in [0.1, 0.15) is 0 Å². The van der Waals surface area contributed by atoms with E-state index in [9.17, 15) is 0 Å². The standard InChI is InChI=1S/C17H20BrNO2/c1-4-19-17(12-8-6-5-7-9-12)13-10-15(20-2)16(21-3)11-14(13)18/h5-11,17,19H,4H2,1-3H3. The summed E-state index contributed by atoms with van der Waals surface area (Å²) >= 11 is 3.64. The van der Waals surface area contributed by atoms with Crippen molar-refractivity contribution in [3.63, 3.8) is 0 Å². The molecule has 112 valence electrons. The maximum absolute atomic E-state index is 5.42. The van der Waals surface area contributed by atoms with Crippen molar-refractivity contribution < 1.29 is 9.47 Å². The van der Waals surface area contributed by atoms with Gasteiger partial charge in [-0.05, 0) is 29.8 Å². The molecule has 0 saturated heterocycles. The molecule has 21 heavy (non-hydrogen) atoms. The largest absolute Gasteiger partial charge is 0.493 e. The minimum Gasteiger partial charge on any atom is -0.493 e. The molecule has 0 aliphatic rings. The van der Waals surface area contributed by atoms with Crippen LogP contribution in [0, 0.1) is 0 Å². The second kappa shape index (κ2) is 7.48. The van der Waals surface area contributed by atoms with Crippen LogP contribution in [0.4, 0.5) is 0 Å². The second-order valence-corrected chi connectivity index (χ2v) is 5.48. The normalized spacial score (nSPS) is 12.0. The molecule has 0 aliphatic heterocycles. The molecule has 0 aliphatic carbocycles. The lowest BCUT2D eigenvalue weighted by atomic mass is 9.98. The molecule has 1 N–H and O–H groups in total. The van der Waals surface area contributed by atoms with Crippen LogP contribution in [-0.2, 0) is 0 Å². The Hall–Kier alpha value is -1.52. The molecular weight excluding hydrogens is 330 g/mol. The lowest BCUT2D eigenvalue weighted by Crippen LogP contribution is -2.22. The van der Waals surface area contributed by atoms with Gasteiger partial charge in [0, 0.05) is 4.47 Å². The molecule has 0 amide bonds. The Bertz CT molecular complexity index is 587. The summed E-state index contributed by atoms with van der Waals surface area (Å²) in [6.07, 6.45) is 0. The van der Waals surface area contributed by atoms with Gasteiger partial charge in [0.15, 0.2) is 11.5 Å². The maximum Gasteiger partial charge on any atom is 0.161 e. The molecule has 0 bridgehead atoms. The summed E-state index contributed by atoms with van der Waals surface area (Å²) < 4.78 is 11.8. The van der Waals surface area contributed by atoms with Gasteiger partial charge in [0.2, 0.25) is 0 Å². The van der Waals surface area contributed by atoms with E-state index >= 15 is 0 Å². The molecule has 2 aromatic carbocycles. The molecule has 0 saturated carbocycles. The van der Waals surface area contributed by atoms with Gasteiger partial charge in [0.25, 0.3) is 0 Å². The first-order valence-corrected chi connectivity index (χ1v) is 7.70. The average molecular weight is 350 g/mol. The molecule has 1 unspecified atom stereocenters. The Balaban J connectivity index is 2.50. The molecule has 0 fully saturated rings. The van der Waals surface area contributed by atoms with E-state index < -0.39 is 0 Å². The van der Waals surface area contributed by atoms with Gasteiger partial charge >= 0.3 is 0 Å². The molecule has 3 nitrogen and oxygen atoms in total. The van der Waals surface area contributed by atoms with Crippen LogP contribution < -0.4 is 14.8 Å². The van der Waals surface area contributed by atoms with Crippen molar-refractivity contribution in [2.24, 2.45) is 0 Å². The summed E-state index contributed by atoms with van der Waals surface area (Å²) in [5.41, 5.74) is 2.34. The fourth-order valence-corrected chi connectivity index (χ4v) is 2.90. The molecule has 0 aromatic heterocycles. The molecular formula is C17H20BrNO2. The predicted octanol–water partition coefficient (Wildman–Crippen LogP) is 4.17. The van der Waals surface area contributed by atoms with Gasteiger partial charge in [-0.15, -0.1) is 0 Å². The second-order valence-electron chi connectivity index (χ2n) is 4.63. The first kappa shape index (κ1) is 15.9. The van der Waals surface area contributed by atoms with Gasteiger partial charge in [-0.2, -0.15) is 0 Å². The topological polar surface area (TPSA) is 30.5 Å². The van der Waals surface area contributed by atoms with Gasteiger partial charge in [-0.25, -0.2) is 0 Å². The van der Waals surface area contributed by atoms with Gasteiger partial charge in [0.05, 0.1) is 20.3 Å². The summed E-state index contributed by atoms with van der Waals surface area (Å²) in [5, 5.41) is 3.52. The fourth-order valence-electron chi connectivity index (χ4n) is 2.35. The Morgan fingerprint density at radius 2 is 1.67 bits per heavy atom. The minimum absolute atomic E-state index is 0.102. The van der Waals surface area contributed by atoms with Crippen molar-refractivity contribution in [2.75, 3.05) is 20.8 Å². The zero-order valence-corrected chi connectivity index (χ0v) is 14.1. The molecule has 0 heterocycles. The van der Waals surface area contributed by atoms with E-state index in [1.54, 1.807) is 14.2 Å². The molecule has 2 aromatic rings. The Labute approximate surface area is 134 Å². The Morgan fingerprint density at radius 1 is 1.05 bits per heavy atom. The first-order valence-electron chi connectivity index (χ1n) is 6.91. The quantitative estimate of drug-likeness (QED) is 0.848. The average Bonchev–Trinajstić information content (AvgIpc) is 2.53. The minimum atomic E-state index is 0.102. The zero-order valence-electron chi connectivity index (χ0n) is 12.5. The van der Waals surface area contributed by atoms with Crippen LogP contribution in [0.1, 0.15) is 24.1 Å². The lowest BCUT2D eigenvalue weighted by Gasteiger charge is -2.22. The van der Waals surface area contributed by atoms with Crippen molar-refractivity contribution in [1.82, 2.24) is 5.32 Å². The summed E-state index contributed by atoms with van der Waals surface area (Å²) in [7, 11) is 3.29. The number of nitrogens with one attached hydrogen (secondary N) is 1. The van der Waals surface area contributed by atoms with Crippen LogP contribution >= 0.6 is 15.9 Å². The third kappa shape index (κ3) is 3.57. The van der Waals surface area contributed by atoms with E-state index in [0.717, 1.165) is 28.1 Å². The summed E-state index contributed by atoms with van der Waals surface area (Å²) in [4.78, 5) is 0. The first-order chi connectivity index (χ1) is 10.2. The van der Waals surface area contributed by atoms with Crippen LogP contribution in [0.15, 0.2) is 46.9 Å². The van der Waals surface area contributed by atoms with Crippen molar-refractivity contribution >= 4 is 15.9 Å². The number of benzene rings is 2. The molecule has 0 radical (unpaired) electrons. The molecule has 4 heteroatoms. The Kier molecular flexibility index (Phi) is 5.65. The smallest absolute Gasteiger partial charge is 0.161 e. The van der Waals surface area contributed by atoms with E-state index in [4.69, 9.17) is 9.47 Å². The number of methoxy groups -OCH3 is 2. The molecule has 0 spiro atoms. The predicted molar refractivity (Wildman–Crippen MR) is 89.2 cm³/mol. The van der Waals surface area contributed by atoms with Crippen molar-refractivity contribution in [1.29, 1.82) is 0 Å². The monoisotopic (exact) mass is 349 g/mol. The maximum atomic E-state index is 5.42. The highest BCUT2D eigenvalue weighted by molar-refractivity contribution is 9.10. The van der Waals surface area contributed by atoms with E-state index in [1.807, 2.05) is 30.3 Å². The van der Waals surface area contributed by atoms with Crippen molar-refractivity contribution in [3.05, 3.63) is 58.1 Å². The van der Waals surface area contributed by atoms with Gasteiger partial charge < -0.3 is 14.8 Å². The molecule has 2 rings (SSSR count). The van der Waals surface area contributed by atoms with Crippen LogP contribution in [0.3, 0.4) is 0 Å². The third-order valence-electron chi connectivity index (χ3n) is 3.36. The highest BCUT2D eigenvalue weighted by Gasteiger charge is 2.19.